The fraction of sp³-hybridized carbons (Fsp3) is 0.0909. The standard InChI is InChI=1S/C11H7F2N3O/c1-17-11-9(3-2-8(12)10(11)13)16-6-7(4-14)5-15/h2-3,6,16H,1H3. The van der Waals surface area contributed by atoms with Crippen LogP contribution in [0.2, 0.25) is 0 Å². The van der Waals surface area contributed by atoms with E-state index in [-0.39, 0.29) is 17.0 Å². The highest BCUT2D eigenvalue weighted by atomic mass is 19.2. The highest BCUT2D eigenvalue weighted by molar-refractivity contribution is 5.60. The molecule has 0 saturated carbocycles. The number of nitrogens with zero attached hydrogens (tertiary/aromatic N) is 2. The van der Waals surface area contributed by atoms with Gasteiger partial charge in [-0.3, -0.25) is 0 Å². The lowest BCUT2D eigenvalue weighted by atomic mass is 10.2. The number of hydrogen-bond acceptors (Lipinski definition) is 4. The second kappa shape index (κ2) is 5.47. The Morgan fingerprint density at radius 2 is 2.00 bits per heavy atom. The Bertz CT molecular complexity index is 525. The second-order valence-corrected chi connectivity index (χ2v) is 2.87. The van der Waals surface area contributed by atoms with Crippen molar-refractivity contribution in [1.29, 1.82) is 10.5 Å². The molecule has 0 heterocycles. The number of nitrogens with one attached hydrogen (secondary N) is 1. The van der Waals surface area contributed by atoms with Gasteiger partial charge in [-0.05, 0) is 12.1 Å². The van der Waals surface area contributed by atoms with Crippen LogP contribution in [0.3, 0.4) is 0 Å². The van der Waals surface area contributed by atoms with Crippen LogP contribution in [0.5, 0.6) is 5.75 Å². The number of methoxy groups -OCH3 is 1. The Labute approximate surface area is 96.3 Å². The van der Waals surface area contributed by atoms with Crippen molar-refractivity contribution >= 4 is 5.69 Å². The summed E-state index contributed by atoms with van der Waals surface area (Å²) in [6, 6.07) is 5.37. The summed E-state index contributed by atoms with van der Waals surface area (Å²) >= 11 is 0. The van der Waals surface area contributed by atoms with E-state index in [9.17, 15) is 8.78 Å². The first-order valence-corrected chi connectivity index (χ1v) is 4.43. The Kier molecular flexibility index (Phi) is 4.02. The van der Waals surface area contributed by atoms with Gasteiger partial charge < -0.3 is 10.1 Å². The van der Waals surface area contributed by atoms with Gasteiger partial charge >= 0.3 is 0 Å². The summed E-state index contributed by atoms with van der Waals surface area (Å²) in [4.78, 5) is 0. The molecule has 1 aromatic carbocycles. The van der Waals surface area contributed by atoms with E-state index in [1.807, 2.05) is 0 Å². The van der Waals surface area contributed by atoms with Crippen LogP contribution in [0.4, 0.5) is 14.5 Å². The average molecular weight is 235 g/mol. The monoisotopic (exact) mass is 235 g/mol. The summed E-state index contributed by atoms with van der Waals surface area (Å²) in [5.41, 5.74) is -0.0776. The van der Waals surface area contributed by atoms with Gasteiger partial charge in [-0.25, -0.2) is 4.39 Å². The summed E-state index contributed by atoms with van der Waals surface area (Å²) in [5, 5.41) is 19.5. The third kappa shape index (κ3) is 2.70. The van der Waals surface area contributed by atoms with Crippen LogP contribution in [0.15, 0.2) is 23.9 Å². The Morgan fingerprint density at radius 1 is 1.35 bits per heavy atom. The molecule has 86 valence electrons. The summed E-state index contributed by atoms with van der Waals surface area (Å²) in [5.74, 6) is -2.50. The molecule has 0 aromatic heterocycles. The Hall–Kier alpha value is -2.60. The Balaban J connectivity index is 3.10. The molecule has 0 atom stereocenters. The smallest absolute Gasteiger partial charge is 0.202 e. The molecular formula is C11H7F2N3O. The SMILES string of the molecule is COc1c(NC=C(C#N)C#N)ccc(F)c1F. The molecule has 0 aliphatic heterocycles. The van der Waals surface area contributed by atoms with Gasteiger partial charge in [0.2, 0.25) is 5.82 Å². The van der Waals surface area contributed by atoms with Crippen LogP contribution in [0.25, 0.3) is 0 Å². The summed E-state index contributed by atoms with van der Waals surface area (Å²) in [6.45, 7) is 0. The number of nitriles is 2. The fourth-order valence-corrected chi connectivity index (χ4v) is 1.08. The van der Waals surface area contributed by atoms with Gasteiger partial charge in [0.1, 0.15) is 17.7 Å². The van der Waals surface area contributed by atoms with Crippen molar-refractivity contribution in [1.82, 2.24) is 0 Å². The maximum atomic E-state index is 13.3. The maximum Gasteiger partial charge on any atom is 0.202 e. The first-order chi connectivity index (χ1) is 8.13. The molecule has 6 heteroatoms. The van der Waals surface area contributed by atoms with Crippen LogP contribution >= 0.6 is 0 Å². The zero-order valence-corrected chi connectivity index (χ0v) is 8.79. The quantitative estimate of drug-likeness (QED) is 0.816. The minimum atomic E-state index is -1.14. The van der Waals surface area contributed by atoms with Crippen LogP contribution in [-0.4, -0.2) is 7.11 Å². The lowest BCUT2D eigenvalue weighted by Gasteiger charge is -2.09. The minimum Gasteiger partial charge on any atom is -0.491 e. The van der Waals surface area contributed by atoms with Crippen molar-refractivity contribution < 1.29 is 13.5 Å². The molecule has 0 bridgehead atoms. The number of benzene rings is 1. The predicted molar refractivity (Wildman–Crippen MR) is 55.8 cm³/mol. The van der Waals surface area contributed by atoms with Crippen molar-refractivity contribution in [2.24, 2.45) is 0 Å². The molecule has 17 heavy (non-hydrogen) atoms. The number of ether oxygens (including phenoxy) is 1. The van der Waals surface area contributed by atoms with Crippen molar-refractivity contribution in [3.63, 3.8) is 0 Å². The largest absolute Gasteiger partial charge is 0.491 e. The summed E-state index contributed by atoms with van der Waals surface area (Å²) < 4.78 is 30.8. The first kappa shape index (κ1) is 12.5. The van der Waals surface area contributed by atoms with Crippen molar-refractivity contribution in [3.05, 3.63) is 35.5 Å². The fourth-order valence-electron chi connectivity index (χ4n) is 1.08. The summed E-state index contributed by atoms with van der Waals surface area (Å²) in [7, 11) is 1.18. The minimum absolute atomic E-state index is 0.120. The van der Waals surface area contributed by atoms with Crippen molar-refractivity contribution in [2.45, 2.75) is 0 Å². The number of halogens is 2. The van der Waals surface area contributed by atoms with E-state index >= 15 is 0 Å². The van der Waals surface area contributed by atoms with E-state index in [1.165, 1.54) is 13.2 Å². The number of anilines is 1. The van der Waals surface area contributed by atoms with Gasteiger partial charge in [0.25, 0.3) is 0 Å². The van der Waals surface area contributed by atoms with Crippen molar-refractivity contribution in [2.75, 3.05) is 12.4 Å². The van der Waals surface area contributed by atoms with Gasteiger partial charge in [-0.1, -0.05) is 0 Å². The molecule has 0 spiro atoms. The first-order valence-electron chi connectivity index (χ1n) is 4.43. The van der Waals surface area contributed by atoms with Gasteiger partial charge in [0, 0.05) is 6.20 Å². The van der Waals surface area contributed by atoms with E-state index in [0.29, 0.717) is 0 Å². The molecule has 1 aromatic rings. The molecule has 0 fully saturated rings. The molecular weight excluding hydrogens is 228 g/mol. The molecule has 1 rings (SSSR count). The molecule has 0 aliphatic carbocycles. The van der Waals surface area contributed by atoms with Gasteiger partial charge in [0.15, 0.2) is 11.6 Å². The number of rotatable bonds is 3. The van der Waals surface area contributed by atoms with E-state index in [1.54, 1.807) is 12.1 Å². The molecule has 0 amide bonds. The van der Waals surface area contributed by atoms with Crippen LogP contribution in [0.1, 0.15) is 0 Å². The van der Waals surface area contributed by atoms with Crippen LogP contribution in [0, 0.1) is 34.3 Å². The van der Waals surface area contributed by atoms with Gasteiger partial charge in [-0.15, -0.1) is 0 Å². The van der Waals surface area contributed by atoms with Gasteiger partial charge in [-0.2, -0.15) is 14.9 Å². The normalized spacial score (nSPS) is 8.76. The molecule has 4 nitrogen and oxygen atoms in total. The van der Waals surface area contributed by atoms with E-state index < -0.39 is 11.6 Å². The topological polar surface area (TPSA) is 68.8 Å². The molecule has 0 aliphatic rings. The lowest BCUT2D eigenvalue weighted by molar-refractivity contribution is 0.374. The molecule has 0 radical (unpaired) electrons. The zero-order chi connectivity index (χ0) is 12.8. The number of allylic oxidation sites excluding steroid dienone is 1. The van der Waals surface area contributed by atoms with E-state index in [0.717, 1.165) is 12.3 Å². The second-order valence-electron chi connectivity index (χ2n) is 2.87. The number of hydrogen-bond donors (Lipinski definition) is 1. The predicted octanol–water partition coefficient (Wildman–Crippen LogP) is 2.32. The zero-order valence-electron chi connectivity index (χ0n) is 8.79. The molecule has 0 saturated heterocycles. The van der Waals surface area contributed by atoms with Crippen LogP contribution < -0.4 is 10.1 Å². The third-order valence-corrected chi connectivity index (χ3v) is 1.87. The maximum absolute atomic E-state index is 13.3. The highest BCUT2D eigenvalue weighted by Gasteiger charge is 2.13. The lowest BCUT2D eigenvalue weighted by Crippen LogP contribution is -1.98. The summed E-state index contributed by atoms with van der Waals surface area (Å²) in [6.07, 6.45) is 1.08. The molecule has 0 unspecified atom stereocenters. The third-order valence-electron chi connectivity index (χ3n) is 1.87. The highest BCUT2D eigenvalue weighted by Crippen LogP contribution is 2.29. The molecule has 1 N–H and O–H groups in total. The van der Waals surface area contributed by atoms with E-state index in [4.69, 9.17) is 10.5 Å². The van der Waals surface area contributed by atoms with E-state index in [2.05, 4.69) is 10.1 Å². The van der Waals surface area contributed by atoms with Gasteiger partial charge in [0.05, 0.1) is 12.8 Å². The Morgan fingerprint density at radius 3 is 2.53 bits per heavy atom. The van der Waals surface area contributed by atoms with Crippen molar-refractivity contribution in [3.8, 4) is 17.9 Å². The average Bonchev–Trinajstić information content (AvgIpc) is 2.35. The van der Waals surface area contributed by atoms with Crippen LogP contribution in [-0.2, 0) is 0 Å².